The van der Waals surface area contributed by atoms with Gasteiger partial charge in [0, 0.05) is 28.1 Å². The van der Waals surface area contributed by atoms with Crippen molar-refractivity contribution in [2.45, 2.75) is 33.4 Å². The quantitative estimate of drug-likeness (QED) is 0.374. The molecule has 0 bridgehead atoms. The average molecular weight is 484 g/mol. The highest BCUT2D eigenvalue weighted by Crippen LogP contribution is 2.27. The molecule has 0 fully saturated rings. The van der Waals surface area contributed by atoms with Crippen LogP contribution in [-0.2, 0) is 16.1 Å². The van der Waals surface area contributed by atoms with Crippen molar-refractivity contribution in [3.05, 3.63) is 76.2 Å². The number of benzene rings is 2. The molecule has 0 radical (unpaired) electrons. The molecule has 0 aliphatic heterocycles. The fourth-order valence-corrected chi connectivity index (χ4v) is 4.12. The van der Waals surface area contributed by atoms with E-state index < -0.39 is 6.04 Å². The van der Waals surface area contributed by atoms with Gasteiger partial charge in [0.1, 0.15) is 12.6 Å². The van der Waals surface area contributed by atoms with Crippen LogP contribution < -0.4 is 10.6 Å². The summed E-state index contributed by atoms with van der Waals surface area (Å²) < 4.78 is 3.50. The number of nitrogens with one attached hydrogen (secondary N) is 2. The Morgan fingerprint density at radius 3 is 2.52 bits per heavy atom. The van der Waals surface area contributed by atoms with Crippen molar-refractivity contribution in [1.82, 2.24) is 14.3 Å². The molecule has 0 saturated heterocycles. The normalized spacial score (nSPS) is 12.0. The number of rotatable bonds is 6. The highest BCUT2D eigenvalue weighted by atomic mass is 35.5. The number of nitrogens with zero attached hydrogens (tertiary/aromatic N) is 3. The molecule has 7 nitrogen and oxygen atoms in total. The number of hydrogen-bond acceptors (Lipinski definition) is 3. The third kappa shape index (κ3) is 5.05. The maximum absolute atomic E-state index is 12.7. The summed E-state index contributed by atoms with van der Waals surface area (Å²) in [6.45, 7) is 5.68. The van der Waals surface area contributed by atoms with Gasteiger partial charge in [-0.25, -0.2) is 0 Å². The lowest BCUT2D eigenvalue weighted by Crippen LogP contribution is -2.25. The van der Waals surface area contributed by atoms with Gasteiger partial charge in [0.2, 0.25) is 11.8 Å². The molecule has 170 valence electrons. The number of aromatic nitrogens is 3. The molecule has 33 heavy (non-hydrogen) atoms. The fraction of sp³-hybridized carbons (Fsp3) is 0.208. The topological polar surface area (TPSA) is 81.0 Å². The molecule has 0 spiro atoms. The van der Waals surface area contributed by atoms with E-state index in [1.807, 2.05) is 54.9 Å². The van der Waals surface area contributed by atoms with Gasteiger partial charge in [0.05, 0.1) is 16.4 Å². The number of carbonyl (C=O) groups excluding carboxylic acids is 2. The SMILES string of the molecule is Cc1cc(C)n(C(C)C(=O)Nc2ccc(NC(=O)Cn3ccc4ccc(Cl)cc43)cc2Cl)n1. The number of aryl methyl sites for hydroxylation is 2. The Bertz CT molecular complexity index is 1360. The molecule has 0 aliphatic carbocycles. The van der Waals surface area contributed by atoms with E-state index in [2.05, 4.69) is 15.7 Å². The molecule has 0 aliphatic rings. The van der Waals surface area contributed by atoms with E-state index in [0.29, 0.717) is 21.4 Å². The van der Waals surface area contributed by atoms with Gasteiger partial charge >= 0.3 is 0 Å². The van der Waals surface area contributed by atoms with Crippen LogP contribution in [0.2, 0.25) is 10.0 Å². The molecule has 1 unspecified atom stereocenters. The maximum atomic E-state index is 12.7. The third-order valence-corrected chi connectivity index (χ3v) is 5.90. The molecular formula is C24H23Cl2N5O2. The minimum atomic E-state index is -0.501. The minimum absolute atomic E-state index is 0.125. The second-order valence-corrected chi connectivity index (χ2v) is 8.77. The molecule has 0 saturated carbocycles. The Hall–Kier alpha value is -3.29. The predicted molar refractivity (Wildman–Crippen MR) is 132 cm³/mol. The summed E-state index contributed by atoms with van der Waals surface area (Å²) in [5.74, 6) is -0.448. The van der Waals surface area contributed by atoms with E-state index in [1.165, 1.54) is 0 Å². The number of carbonyl (C=O) groups is 2. The van der Waals surface area contributed by atoms with Gasteiger partial charge in [-0.1, -0.05) is 29.3 Å². The summed E-state index contributed by atoms with van der Waals surface area (Å²) in [6, 6.07) is 13.9. The number of amides is 2. The van der Waals surface area contributed by atoms with Crippen molar-refractivity contribution in [3.63, 3.8) is 0 Å². The molecule has 2 heterocycles. The Balaban J connectivity index is 1.41. The highest BCUT2D eigenvalue weighted by molar-refractivity contribution is 6.34. The summed E-state index contributed by atoms with van der Waals surface area (Å²) in [5, 5.41) is 12.0. The Morgan fingerprint density at radius 1 is 1.03 bits per heavy atom. The van der Waals surface area contributed by atoms with Crippen molar-refractivity contribution in [2.75, 3.05) is 10.6 Å². The zero-order valence-electron chi connectivity index (χ0n) is 18.4. The molecule has 4 aromatic rings. The summed E-state index contributed by atoms with van der Waals surface area (Å²) in [6.07, 6.45) is 1.84. The molecule has 2 aromatic carbocycles. The van der Waals surface area contributed by atoms with Crippen LogP contribution in [0.5, 0.6) is 0 Å². The summed E-state index contributed by atoms with van der Waals surface area (Å²) in [5.41, 5.74) is 3.62. The van der Waals surface area contributed by atoms with Crippen molar-refractivity contribution in [1.29, 1.82) is 0 Å². The predicted octanol–water partition coefficient (Wildman–Crippen LogP) is 5.60. The average Bonchev–Trinajstić information content (AvgIpc) is 3.31. The van der Waals surface area contributed by atoms with Gasteiger partial charge in [0.25, 0.3) is 0 Å². The fourth-order valence-electron chi connectivity index (χ4n) is 3.73. The van der Waals surface area contributed by atoms with Gasteiger partial charge in [-0.15, -0.1) is 0 Å². The van der Waals surface area contributed by atoms with Crippen molar-refractivity contribution >= 4 is 57.3 Å². The first kappa shape index (κ1) is 22.9. The Morgan fingerprint density at radius 2 is 1.82 bits per heavy atom. The monoisotopic (exact) mass is 483 g/mol. The second kappa shape index (κ2) is 9.29. The van der Waals surface area contributed by atoms with Gasteiger partial charge in [-0.2, -0.15) is 5.10 Å². The van der Waals surface area contributed by atoms with Gasteiger partial charge in [0.15, 0.2) is 0 Å². The van der Waals surface area contributed by atoms with Crippen LogP contribution >= 0.6 is 23.2 Å². The first-order valence-corrected chi connectivity index (χ1v) is 11.1. The summed E-state index contributed by atoms with van der Waals surface area (Å²) in [7, 11) is 0. The van der Waals surface area contributed by atoms with Crippen LogP contribution in [0.15, 0.2) is 54.7 Å². The zero-order chi connectivity index (χ0) is 23.7. The molecular weight excluding hydrogens is 461 g/mol. The van der Waals surface area contributed by atoms with E-state index in [0.717, 1.165) is 22.3 Å². The van der Waals surface area contributed by atoms with Crippen LogP contribution in [0.25, 0.3) is 10.9 Å². The standard InChI is InChI=1S/C24H23Cl2N5O2/c1-14-10-15(2)31(29-14)16(3)24(33)28-21-7-6-19(12-20(21)26)27-23(32)13-30-9-8-17-4-5-18(25)11-22(17)30/h4-12,16H,13H2,1-3H3,(H,27,32)(H,28,33). The zero-order valence-corrected chi connectivity index (χ0v) is 19.9. The van der Waals surface area contributed by atoms with E-state index in [4.69, 9.17) is 23.2 Å². The van der Waals surface area contributed by atoms with Crippen LogP contribution in [-0.4, -0.2) is 26.2 Å². The number of anilines is 2. The highest BCUT2D eigenvalue weighted by Gasteiger charge is 2.19. The first-order valence-electron chi connectivity index (χ1n) is 10.4. The smallest absolute Gasteiger partial charge is 0.248 e. The minimum Gasteiger partial charge on any atom is -0.338 e. The lowest BCUT2D eigenvalue weighted by atomic mass is 10.2. The van der Waals surface area contributed by atoms with Crippen LogP contribution in [0.1, 0.15) is 24.4 Å². The van der Waals surface area contributed by atoms with E-state index in [-0.39, 0.29) is 18.4 Å². The van der Waals surface area contributed by atoms with Crippen molar-refractivity contribution < 1.29 is 9.59 Å². The number of halogens is 2. The molecule has 9 heteroatoms. The summed E-state index contributed by atoms with van der Waals surface area (Å²) in [4.78, 5) is 25.3. The van der Waals surface area contributed by atoms with E-state index >= 15 is 0 Å². The lowest BCUT2D eigenvalue weighted by molar-refractivity contribution is -0.119. The molecule has 2 N–H and O–H groups in total. The first-order chi connectivity index (χ1) is 15.7. The maximum Gasteiger partial charge on any atom is 0.248 e. The number of fused-ring (bicyclic) bond motifs is 1. The Kier molecular flexibility index (Phi) is 6.44. The number of hydrogen-bond donors (Lipinski definition) is 2. The molecule has 1 atom stereocenters. The third-order valence-electron chi connectivity index (χ3n) is 5.35. The van der Waals surface area contributed by atoms with Crippen LogP contribution in [0.3, 0.4) is 0 Å². The molecule has 2 amide bonds. The molecule has 4 rings (SSSR count). The van der Waals surface area contributed by atoms with Gasteiger partial charge < -0.3 is 15.2 Å². The van der Waals surface area contributed by atoms with Gasteiger partial charge in [-0.3, -0.25) is 14.3 Å². The van der Waals surface area contributed by atoms with Crippen molar-refractivity contribution in [3.8, 4) is 0 Å². The van der Waals surface area contributed by atoms with E-state index in [9.17, 15) is 9.59 Å². The largest absolute Gasteiger partial charge is 0.338 e. The van der Waals surface area contributed by atoms with Crippen LogP contribution in [0, 0.1) is 13.8 Å². The van der Waals surface area contributed by atoms with Crippen LogP contribution in [0.4, 0.5) is 11.4 Å². The second-order valence-electron chi connectivity index (χ2n) is 7.93. The van der Waals surface area contributed by atoms with Gasteiger partial charge in [-0.05, 0) is 68.6 Å². The lowest BCUT2D eigenvalue weighted by Gasteiger charge is -2.16. The Labute approximate surface area is 201 Å². The van der Waals surface area contributed by atoms with E-state index in [1.54, 1.807) is 29.8 Å². The van der Waals surface area contributed by atoms with Crippen molar-refractivity contribution in [2.24, 2.45) is 0 Å². The molecule has 2 aromatic heterocycles. The summed E-state index contributed by atoms with van der Waals surface area (Å²) >= 11 is 12.5.